The lowest BCUT2D eigenvalue weighted by molar-refractivity contribution is 0.282. The molecule has 0 radical (unpaired) electrons. The standard InChI is InChI=1S/C13H12BClO/c14-11-5-6-12(13(15)7-11)10-3-1-9(8-16)2-4-10/h1-7,16H,8,14H2. The van der Waals surface area contributed by atoms with Crippen molar-refractivity contribution in [1.82, 2.24) is 0 Å². The number of hydrogen-bond acceptors (Lipinski definition) is 1. The number of aliphatic hydroxyl groups is 1. The topological polar surface area (TPSA) is 20.2 Å². The molecule has 2 aromatic carbocycles. The summed E-state index contributed by atoms with van der Waals surface area (Å²) in [6.07, 6.45) is 0. The highest BCUT2D eigenvalue weighted by Crippen LogP contribution is 2.26. The molecule has 0 spiro atoms. The summed E-state index contributed by atoms with van der Waals surface area (Å²) in [5.74, 6) is 0. The van der Waals surface area contributed by atoms with Gasteiger partial charge in [0.15, 0.2) is 0 Å². The Hall–Kier alpha value is -1.25. The van der Waals surface area contributed by atoms with Gasteiger partial charge in [0, 0.05) is 10.6 Å². The molecular weight excluding hydrogens is 218 g/mol. The van der Waals surface area contributed by atoms with Gasteiger partial charge in [-0.05, 0) is 17.2 Å². The van der Waals surface area contributed by atoms with Gasteiger partial charge >= 0.3 is 0 Å². The van der Waals surface area contributed by atoms with Gasteiger partial charge in [-0.25, -0.2) is 0 Å². The summed E-state index contributed by atoms with van der Waals surface area (Å²) >= 11 is 6.19. The van der Waals surface area contributed by atoms with E-state index in [9.17, 15) is 0 Å². The highest BCUT2D eigenvalue weighted by Gasteiger charge is 2.03. The van der Waals surface area contributed by atoms with Crippen molar-refractivity contribution in [2.24, 2.45) is 0 Å². The van der Waals surface area contributed by atoms with Crippen LogP contribution >= 0.6 is 11.6 Å². The summed E-state index contributed by atoms with van der Waals surface area (Å²) < 4.78 is 0. The molecule has 2 rings (SSSR count). The first-order valence-electron chi connectivity index (χ1n) is 5.17. The van der Waals surface area contributed by atoms with Crippen molar-refractivity contribution in [1.29, 1.82) is 0 Å². The Kier molecular flexibility index (Phi) is 3.32. The first-order valence-corrected chi connectivity index (χ1v) is 5.55. The highest BCUT2D eigenvalue weighted by atomic mass is 35.5. The molecule has 0 aromatic heterocycles. The van der Waals surface area contributed by atoms with Gasteiger partial charge < -0.3 is 5.11 Å². The van der Waals surface area contributed by atoms with Crippen LogP contribution in [0.2, 0.25) is 5.02 Å². The van der Waals surface area contributed by atoms with E-state index >= 15 is 0 Å². The molecule has 16 heavy (non-hydrogen) atoms. The molecule has 3 heteroatoms. The maximum Gasteiger partial charge on any atom is 0.139 e. The van der Waals surface area contributed by atoms with E-state index in [1.165, 1.54) is 0 Å². The molecule has 0 unspecified atom stereocenters. The Labute approximate surface area is 101 Å². The molecular formula is C13H12BClO. The number of hydrogen-bond donors (Lipinski definition) is 1. The first kappa shape index (κ1) is 11.2. The Morgan fingerprint density at radius 2 is 1.75 bits per heavy atom. The van der Waals surface area contributed by atoms with Crippen LogP contribution < -0.4 is 5.46 Å². The van der Waals surface area contributed by atoms with Crippen LogP contribution in [-0.4, -0.2) is 13.0 Å². The zero-order valence-electron chi connectivity index (χ0n) is 9.07. The quantitative estimate of drug-likeness (QED) is 0.780. The van der Waals surface area contributed by atoms with E-state index in [1.807, 2.05) is 50.3 Å². The van der Waals surface area contributed by atoms with Crippen molar-refractivity contribution >= 4 is 24.9 Å². The third-order valence-electron chi connectivity index (χ3n) is 2.57. The maximum atomic E-state index is 8.96. The van der Waals surface area contributed by atoms with E-state index in [0.717, 1.165) is 27.2 Å². The lowest BCUT2D eigenvalue weighted by Gasteiger charge is -2.06. The summed E-state index contributed by atoms with van der Waals surface area (Å²) in [6.45, 7) is 0.0713. The molecule has 0 bridgehead atoms. The molecule has 1 N–H and O–H groups in total. The van der Waals surface area contributed by atoms with E-state index in [4.69, 9.17) is 16.7 Å². The predicted octanol–water partition coefficient (Wildman–Crippen LogP) is 1.76. The van der Waals surface area contributed by atoms with E-state index < -0.39 is 0 Å². The molecule has 0 atom stereocenters. The first-order chi connectivity index (χ1) is 7.70. The minimum absolute atomic E-state index is 0.0713. The average Bonchev–Trinajstić information content (AvgIpc) is 2.29. The molecule has 0 saturated heterocycles. The van der Waals surface area contributed by atoms with Crippen molar-refractivity contribution in [3.63, 3.8) is 0 Å². The minimum atomic E-state index is 0.0713. The van der Waals surface area contributed by atoms with Crippen LogP contribution in [0, 0.1) is 0 Å². The molecule has 1 nitrogen and oxygen atoms in total. The van der Waals surface area contributed by atoms with E-state index in [2.05, 4.69) is 0 Å². The van der Waals surface area contributed by atoms with Crippen LogP contribution in [0.1, 0.15) is 5.56 Å². The number of benzene rings is 2. The number of halogens is 1. The van der Waals surface area contributed by atoms with Crippen molar-refractivity contribution in [2.45, 2.75) is 6.61 Å². The van der Waals surface area contributed by atoms with E-state index in [-0.39, 0.29) is 6.61 Å². The zero-order valence-corrected chi connectivity index (χ0v) is 9.83. The fraction of sp³-hybridized carbons (Fsp3) is 0.0769. The van der Waals surface area contributed by atoms with Crippen LogP contribution in [0.15, 0.2) is 42.5 Å². The second kappa shape index (κ2) is 4.73. The molecule has 0 heterocycles. The van der Waals surface area contributed by atoms with Gasteiger partial charge in [-0.2, -0.15) is 0 Å². The van der Waals surface area contributed by atoms with Crippen LogP contribution in [0.25, 0.3) is 11.1 Å². The third-order valence-corrected chi connectivity index (χ3v) is 2.88. The number of aliphatic hydroxyl groups excluding tert-OH is 1. The second-order valence-electron chi connectivity index (χ2n) is 3.84. The van der Waals surface area contributed by atoms with Gasteiger partial charge in [-0.1, -0.05) is 53.5 Å². The zero-order chi connectivity index (χ0) is 11.5. The van der Waals surface area contributed by atoms with Crippen molar-refractivity contribution in [3.05, 3.63) is 53.1 Å². The SMILES string of the molecule is Bc1ccc(-c2ccc(CO)cc2)c(Cl)c1. The molecule has 0 saturated carbocycles. The van der Waals surface area contributed by atoms with E-state index in [1.54, 1.807) is 0 Å². The summed E-state index contributed by atoms with van der Waals surface area (Å²) in [5, 5.41) is 9.72. The molecule has 0 aliphatic rings. The highest BCUT2D eigenvalue weighted by molar-refractivity contribution is 6.37. The van der Waals surface area contributed by atoms with Crippen molar-refractivity contribution in [2.75, 3.05) is 0 Å². The fourth-order valence-corrected chi connectivity index (χ4v) is 1.99. The van der Waals surface area contributed by atoms with Gasteiger partial charge in [0.05, 0.1) is 6.61 Å². The smallest absolute Gasteiger partial charge is 0.139 e. The lowest BCUT2D eigenvalue weighted by Crippen LogP contribution is -2.00. The van der Waals surface area contributed by atoms with Gasteiger partial charge in [-0.15, -0.1) is 0 Å². The van der Waals surface area contributed by atoms with Gasteiger partial charge in [0.25, 0.3) is 0 Å². The molecule has 80 valence electrons. The Bertz CT molecular complexity index is 494. The van der Waals surface area contributed by atoms with Crippen LogP contribution in [0.5, 0.6) is 0 Å². The Balaban J connectivity index is 2.42. The predicted molar refractivity (Wildman–Crippen MR) is 71.0 cm³/mol. The van der Waals surface area contributed by atoms with Crippen molar-refractivity contribution in [3.8, 4) is 11.1 Å². The van der Waals surface area contributed by atoms with Crippen molar-refractivity contribution < 1.29 is 5.11 Å². The molecule has 0 fully saturated rings. The second-order valence-corrected chi connectivity index (χ2v) is 4.25. The number of rotatable bonds is 2. The molecule has 2 aromatic rings. The Morgan fingerprint density at radius 3 is 2.31 bits per heavy atom. The van der Waals surface area contributed by atoms with Gasteiger partial charge in [-0.3, -0.25) is 0 Å². The van der Waals surface area contributed by atoms with E-state index in [0.29, 0.717) is 0 Å². The normalized spacial score (nSPS) is 10.4. The molecule has 0 aliphatic heterocycles. The maximum absolute atomic E-state index is 8.96. The van der Waals surface area contributed by atoms with Crippen LogP contribution in [-0.2, 0) is 6.61 Å². The summed E-state index contributed by atoms with van der Waals surface area (Å²) in [6, 6.07) is 13.8. The molecule has 0 amide bonds. The summed E-state index contributed by atoms with van der Waals surface area (Å²) in [4.78, 5) is 0. The lowest BCUT2D eigenvalue weighted by atomic mass is 9.93. The van der Waals surface area contributed by atoms with Crippen LogP contribution in [0.4, 0.5) is 0 Å². The van der Waals surface area contributed by atoms with Crippen LogP contribution in [0.3, 0.4) is 0 Å². The minimum Gasteiger partial charge on any atom is -0.392 e. The largest absolute Gasteiger partial charge is 0.392 e. The third kappa shape index (κ3) is 2.29. The fourth-order valence-electron chi connectivity index (χ4n) is 1.64. The van der Waals surface area contributed by atoms with Gasteiger partial charge in [0.2, 0.25) is 0 Å². The summed E-state index contributed by atoms with van der Waals surface area (Å²) in [5.41, 5.74) is 4.16. The monoisotopic (exact) mass is 230 g/mol. The Morgan fingerprint density at radius 1 is 1.06 bits per heavy atom. The average molecular weight is 231 g/mol. The van der Waals surface area contributed by atoms with Gasteiger partial charge in [0.1, 0.15) is 7.85 Å². The molecule has 0 aliphatic carbocycles. The summed E-state index contributed by atoms with van der Waals surface area (Å²) in [7, 11) is 2.02.